The van der Waals surface area contributed by atoms with Crippen molar-refractivity contribution in [2.24, 2.45) is 5.73 Å². The van der Waals surface area contributed by atoms with E-state index in [-0.39, 0.29) is 5.24 Å². The van der Waals surface area contributed by atoms with Crippen molar-refractivity contribution in [3.05, 3.63) is 29.8 Å². The van der Waals surface area contributed by atoms with Crippen LogP contribution in [0.3, 0.4) is 0 Å². The molecule has 70 valence electrons. The first-order chi connectivity index (χ1) is 6.26. The molecule has 0 saturated carbocycles. The van der Waals surface area contributed by atoms with Crippen LogP contribution in [0.4, 0.5) is 10.5 Å². The lowest BCUT2D eigenvalue weighted by Crippen LogP contribution is -2.04. The molecular weight excluding hydrogens is 184 g/mol. The third kappa shape index (κ3) is 3.08. The second-order valence-corrected chi connectivity index (χ2v) is 3.30. The van der Waals surface area contributed by atoms with Crippen molar-refractivity contribution >= 4 is 22.7 Å². The summed E-state index contributed by atoms with van der Waals surface area (Å²) in [5, 5.41) is 2.67. The van der Waals surface area contributed by atoms with E-state index < -0.39 is 0 Å². The molecule has 0 radical (unpaired) electrons. The van der Waals surface area contributed by atoms with Crippen LogP contribution in [0.5, 0.6) is 0 Å². The minimum Gasteiger partial charge on any atom is -0.326 e. The Bertz CT molecular complexity index is 284. The summed E-state index contributed by atoms with van der Waals surface area (Å²) in [5.74, 6) is 0. The van der Waals surface area contributed by atoms with Crippen molar-refractivity contribution < 1.29 is 4.79 Å². The van der Waals surface area contributed by atoms with Crippen LogP contribution >= 0.6 is 11.8 Å². The number of hydrogen-bond donors (Lipinski definition) is 2. The molecule has 3 N–H and O–H groups in total. The topological polar surface area (TPSA) is 55.1 Å². The van der Waals surface area contributed by atoms with Gasteiger partial charge in [0.05, 0.1) is 0 Å². The molecule has 0 aliphatic carbocycles. The van der Waals surface area contributed by atoms with Gasteiger partial charge in [-0.2, -0.15) is 0 Å². The number of nitrogens with one attached hydrogen (secondary N) is 1. The molecule has 0 aliphatic rings. The molecule has 0 aliphatic heterocycles. The number of carbonyl (C=O) groups is 1. The third-order valence-electron chi connectivity index (χ3n) is 1.62. The summed E-state index contributed by atoms with van der Waals surface area (Å²) in [7, 11) is 0. The van der Waals surface area contributed by atoms with Gasteiger partial charge in [-0.05, 0) is 24.0 Å². The Hall–Kier alpha value is -1.00. The van der Waals surface area contributed by atoms with Gasteiger partial charge < -0.3 is 11.1 Å². The number of nitrogens with two attached hydrogens (primary N) is 1. The van der Waals surface area contributed by atoms with Crippen LogP contribution in [0.1, 0.15) is 5.56 Å². The minimum atomic E-state index is -0.0551. The van der Waals surface area contributed by atoms with Gasteiger partial charge in [0.2, 0.25) is 0 Å². The fraction of sp³-hybridized carbons (Fsp3) is 0.222. The molecule has 0 spiro atoms. The van der Waals surface area contributed by atoms with Crippen LogP contribution in [-0.4, -0.2) is 11.5 Å². The summed E-state index contributed by atoms with van der Waals surface area (Å²) in [5.41, 5.74) is 7.30. The number of carbonyl (C=O) groups excluding carboxylic acids is 1. The maximum Gasteiger partial charge on any atom is 0.283 e. The summed E-state index contributed by atoms with van der Waals surface area (Å²) in [6.45, 7) is 0.525. The van der Waals surface area contributed by atoms with E-state index in [4.69, 9.17) is 5.73 Å². The lowest BCUT2D eigenvalue weighted by atomic mass is 10.2. The van der Waals surface area contributed by atoms with Gasteiger partial charge in [0.15, 0.2) is 0 Å². The SMILES string of the molecule is CSC(=O)Nc1ccc(CN)cc1. The van der Waals surface area contributed by atoms with Gasteiger partial charge in [0.25, 0.3) is 5.24 Å². The molecule has 1 rings (SSSR count). The number of amides is 1. The third-order valence-corrected chi connectivity index (χ3v) is 2.09. The van der Waals surface area contributed by atoms with Crippen LogP contribution in [0.25, 0.3) is 0 Å². The second kappa shape index (κ2) is 4.89. The summed E-state index contributed by atoms with van der Waals surface area (Å²) in [6, 6.07) is 7.48. The molecule has 0 unspecified atom stereocenters. The van der Waals surface area contributed by atoms with Crippen LogP contribution in [0.2, 0.25) is 0 Å². The molecule has 3 nitrogen and oxygen atoms in total. The largest absolute Gasteiger partial charge is 0.326 e. The van der Waals surface area contributed by atoms with E-state index in [0.29, 0.717) is 6.54 Å². The maximum atomic E-state index is 11.0. The summed E-state index contributed by atoms with van der Waals surface area (Å²) in [6.07, 6.45) is 1.74. The zero-order valence-electron chi connectivity index (χ0n) is 7.41. The maximum absolute atomic E-state index is 11.0. The first-order valence-electron chi connectivity index (χ1n) is 3.90. The average Bonchev–Trinajstić information content (AvgIpc) is 2.19. The van der Waals surface area contributed by atoms with Gasteiger partial charge in [-0.15, -0.1) is 0 Å². The highest BCUT2D eigenvalue weighted by molar-refractivity contribution is 8.13. The predicted octanol–water partition coefficient (Wildman–Crippen LogP) is 2.04. The number of thioether (sulfide) groups is 1. The van der Waals surface area contributed by atoms with Crippen LogP contribution in [0.15, 0.2) is 24.3 Å². The Balaban J connectivity index is 2.64. The molecule has 0 bridgehead atoms. The van der Waals surface area contributed by atoms with Crippen molar-refractivity contribution in [3.63, 3.8) is 0 Å². The summed E-state index contributed by atoms with van der Waals surface area (Å²) >= 11 is 1.15. The van der Waals surface area contributed by atoms with Gasteiger partial charge >= 0.3 is 0 Å². The molecule has 0 atom stereocenters. The van der Waals surface area contributed by atoms with Gasteiger partial charge in [-0.25, -0.2) is 0 Å². The van der Waals surface area contributed by atoms with E-state index >= 15 is 0 Å². The molecule has 0 saturated heterocycles. The van der Waals surface area contributed by atoms with E-state index in [2.05, 4.69) is 5.32 Å². The zero-order chi connectivity index (χ0) is 9.68. The smallest absolute Gasteiger partial charge is 0.283 e. The van der Waals surface area contributed by atoms with E-state index in [9.17, 15) is 4.79 Å². The van der Waals surface area contributed by atoms with Crippen molar-refractivity contribution in [1.29, 1.82) is 0 Å². The molecule has 0 heterocycles. The molecule has 4 heteroatoms. The quantitative estimate of drug-likeness (QED) is 0.761. The molecule has 0 fully saturated rings. The average molecular weight is 196 g/mol. The van der Waals surface area contributed by atoms with Crippen molar-refractivity contribution in [2.75, 3.05) is 11.6 Å². The number of anilines is 1. The van der Waals surface area contributed by atoms with E-state index in [1.165, 1.54) is 0 Å². The molecule has 13 heavy (non-hydrogen) atoms. The normalized spacial score (nSPS) is 9.69. The number of benzene rings is 1. The van der Waals surface area contributed by atoms with E-state index in [1.807, 2.05) is 24.3 Å². The molecule has 1 amide bonds. The first-order valence-corrected chi connectivity index (χ1v) is 5.12. The van der Waals surface area contributed by atoms with Crippen molar-refractivity contribution in [2.45, 2.75) is 6.54 Å². The minimum absolute atomic E-state index is 0.0551. The molecular formula is C9H12N2OS. The molecule has 1 aromatic rings. The summed E-state index contributed by atoms with van der Waals surface area (Å²) in [4.78, 5) is 11.0. The van der Waals surface area contributed by atoms with Crippen LogP contribution < -0.4 is 11.1 Å². The van der Waals surface area contributed by atoms with E-state index in [0.717, 1.165) is 23.0 Å². The van der Waals surface area contributed by atoms with E-state index in [1.54, 1.807) is 6.26 Å². The lowest BCUT2D eigenvalue weighted by Gasteiger charge is -2.03. The Morgan fingerprint density at radius 1 is 1.46 bits per heavy atom. The van der Waals surface area contributed by atoms with Gasteiger partial charge in [-0.1, -0.05) is 23.9 Å². The monoisotopic (exact) mass is 196 g/mol. The Morgan fingerprint density at radius 3 is 2.54 bits per heavy atom. The van der Waals surface area contributed by atoms with Gasteiger partial charge in [0, 0.05) is 12.2 Å². The van der Waals surface area contributed by atoms with Crippen LogP contribution in [-0.2, 0) is 6.54 Å². The molecule has 0 aromatic heterocycles. The Labute approximate surface area is 81.7 Å². The fourth-order valence-electron chi connectivity index (χ4n) is 0.893. The van der Waals surface area contributed by atoms with Crippen molar-refractivity contribution in [1.82, 2.24) is 0 Å². The van der Waals surface area contributed by atoms with Gasteiger partial charge in [0.1, 0.15) is 0 Å². The van der Waals surface area contributed by atoms with Gasteiger partial charge in [-0.3, -0.25) is 4.79 Å². The highest BCUT2D eigenvalue weighted by Gasteiger charge is 1.98. The molecule has 1 aromatic carbocycles. The zero-order valence-corrected chi connectivity index (χ0v) is 8.23. The number of hydrogen-bond acceptors (Lipinski definition) is 3. The highest BCUT2D eigenvalue weighted by atomic mass is 32.2. The second-order valence-electron chi connectivity index (χ2n) is 2.52. The predicted molar refractivity (Wildman–Crippen MR) is 56.9 cm³/mol. The highest BCUT2D eigenvalue weighted by Crippen LogP contribution is 2.11. The number of rotatable bonds is 2. The first kappa shape index (κ1) is 10.1. The standard InChI is InChI=1S/C9H12N2OS/c1-13-9(12)11-8-4-2-7(6-10)3-5-8/h2-5H,6,10H2,1H3,(H,11,12). The Morgan fingerprint density at radius 2 is 2.08 bits per heavy atom. The van der Waals surface area contributed by atoms with Crippen molar-refractivity contribution in [3.8, 4) is 0 Å². The fourth-order valence-corrected chi connectivity index (χ4v) is 1.11. The lowest BCUT2D eigenvalue weighted by molar-refractivity contribution is 0.270. The Kier molecular flexibility index (Phi) is 3.79. The summed E-state index contributed by atoms with van der Waals surface area (Å²) < 4.78 is 0. The van der Waals surface area contributed by atoms with Crippen LogP contribution in [0, 0.1) is 0 Å².